The fourth-order valence-corrected chi connectivity index (χ4v) is 1.83. The van der Waals surface area contributed by atoms with Crippen molar-refractivity contribution in [3.05, 3.63) is 44.1 Å². The number of fused-ring (bicyclic) bond motifs is 1. The van der Waals surface area contributed by atoms with Gasteiger partial charge in [-0.25, -0.2) is 9.78 Å². The van der Waals surface area contributed by atoms with E-state index in [0.29, 0.717) is 5.52 Å². The van der Waals surface area contributed by atoms with Crippen LogP contribution in [0.4, 0.5) is 5.95 Å². The Kier molecular flexibility index (Phi) is 2.99. The molecule has 0 aliphatic carbocycles. The van der Waals surface area contributed by atoms with Gasteiger partial charge in [-0.1, -0.05) is 11.6 Å². The molecule has 0 bridgehead atoms. The van der Waals surface area contributed by atoms with Gasteiger partial charge >= 0.3 is 5.69 Å². The molecule has 0 atom stereocenters. The van der Waals surface area contributed by atoms with Crippen LogP contribution in [-0.4, -0.2) is 35.8 Å². The van der Waals surface area contributed by atoms with Crippen molar-refractivity contribution in [1.29, 1.82) is 0 Å². The molecule has 3 rings (SSSR count). The summed E-state index contributed by atoms with van der Waals surface area (Å²) >= 11 is 5.90. The van der Waals surface area contributed by atoms with E-state index in [-0.39, 0.29) is 22.4 Å². The number of rotatable bonds is 2. The van der Waals surface area contributed by atoms with Crippen molar-refractivity contribution < 1.29 is 4.79 Å². The monoisotopic (exact) mass is 307 g/mol. The van der Waals surface area contributed by atoms with Crippen LogP contribution in [0.1, 0.15) is 10.5 Å². The number of carbonyl (C=O) groups excluding carboxylic acids is 1. The fraction of sp³-hybridized carbons (Fsp3) is 0. The van der Waals surface area contributed by atoms with Crippen LogP contribution in [0.2, 0.25) is 5.15 Å². The Balaban J connectivity index is 1.95. The van der Waals surface area contributed by atoms with Gasteiger partial charge in [-0.05, 0) is 0 Å². The predicted molar refractivity (Wildman–Crippen MR) is 72.3 cm³/mol. The van der Waals surface area contributed by atoms with Gasteiger partial charge in [-0.2, -0.15) is 9.97 Å². The zero-order valence-corrected chi connectivity index (χ0v) is 10.9. The van der Waals surface area contributed by atoms with Gasteiger partial charge < -0.3 is 9.97 Å². The van der Waals surface area contributed by atoms with Crippen molar-refractivity contribution in [3.8, 4) is 0 Å². The molecule has 0 aliphatic rings. The zero-order chi connectivity index (χ0) is 15.0. The third kappa shape index (κ3) is 2.51. The molecule has 0 aliphatic heterocycles. The van der Waals surface area contributed by atoms with Crippen molar-refractivity contribution in [2.24, 2.45) is 0 Å². The molecule has 106 valence electrons. The topological polar surface area (TPSA) is 149 Å². The van der Waals surface area contributed by atoms with Gasteiger partial charge in [-0.15, -0.1) is 0 Å². The van der Waals surface area contributed by atoms with Gasteiger partial charge in [0.15, 0.2) is 10.8 Å². The van der Waals surface area contributed by atoms with Crippen LogP contribution in [0.5, 0.6) is 0 Å². The molecule has 0 unspecified atom stereocenters. The van der Waals surface area contributed by atoms with Gasteiger partial charge in [-0.3, -0.25) is 19.9 Å². The zero-order valence-electron chi connectivity index (χ0n) is 10.1. The predicted octanol–water partition coefficient (Wildman–Crippen LogP) is -0.365. The summed E-state index contributed by atoms with van der Waals surface area (Å²) in [4.78, 5) is 52.7. The summed E-state index contributed by atoms with van der Waals surface area (Å²) in [7, 11) is 0. The second-order valence-electron chi connectivity index (χ2n) is 3.89. The minimum Gasteiger partial charge on any atom is -0.341 e. The maximum absolute atomic E-state index is 11.9. The quantitative estimate of drug-likeness (QED) is 0.475. The highest BCUT2D eigenvalue weighted by molar-refractivity contribution is 6.33. The number of imidazole rings is 1. The smallest absolute Gasteiger partial charge is 0.326 e. The van der Waals surface area contributed by atoms with Crippen LogP contribution >= 0.6 is 11.6 Å². The van der Waals surface area contributed by atoms with Crippen LogP contribution < -0.4 is 16.6 Å². The normalized spacial score (nSPS) is 10.7. The number of carbonyl (C=O) groups is 1. The van der Waals surface area contributed by atoms with Gasteiger partial charge in [0.05, 0.1) is 6.33 Å². The maximum atomic E-state index is 11.9. The molecule has 0 aromatic carbocycles. The average molecular weight is 308 g/mol. The highest BCUT2D eigenvalue weighted by Crippen LogP contribution is 2.18. The number of amides is 1. The van der Waals surface area contributed by atoms with E-state index in [1.807, 2.05) is 4.98 Å². The lowest BCUT2D eigenvalue weighted by Crippen LogP contribution is -2.27. The molecule has 0 saturated carbocycles. The molecule has 3 aromatic heterocycles. The molecule has 3 aromatic rings. The molecule has 4 N–H and O–H groups in total. The number of anilines is 1. The van der Waals surface area contributed by atoms with E-state index in [2.05, 4.69) is 30.2 Å². The SMILES string of the molecule is O=C(Nc1nc(Cl)c2[nH]cnc2n1)c1cc(=O)[nH]c(=O)[nH]1. The van der Waals surface area contributed by atoms with Crippen LogP contribution in [0, 0.1) is 0 Å². The number of halogens is 1. The number of hydrogen-bond acceptors (Lipinski definition) is 6. The molecule has 0 fully saturated rings. The van der Waals surface area contributed by atoms with Crippen molar-refractivity contribution >= 4 is 34.6 Å². The number of hydrogen-bond donors (Lipinski definition) is 4. The first kappa shape index (κ1) is 13.0. The number of aromatic amines is 3. The first-order chi connectivity index (χ1) is 10.0. The number of nitrogens with one attached hydrogen (secondary N) is 4. The summed E-state index contributed by atoms with van der Waals surface area (Å²) in [6.45, 7) is 0. The minimum absolute atomic E-state index is 0.0761. The Bertz CT molecular complexity index is 929. The summed E-state index contributed by atoms with van der Waals surface area (Å²) in [5.41, 5.74) is -1.03. The van der Waals surface area contributed by atoms with Gasteiger partial charge in [0, 0.05) is 6.07 Å². The third-order valence-electron chi connectivity index (χ3n) is 2.47. The Labute approximate surface area is 119 Å². The Morgan fingerprint density at radius 2 is 2.05 bits per heavy atom. The molecule has 0 spiro atoms. The lowest BCUT2D eigenvalue weighted by atomic mass is 10.4. The highest BCUT2D eigenvalue weighted by atomic mass is 35.5. The van der Waals surface area contributed by atoms with Gasteiger partial charge in [0.2, 0.25) is 5.95 Å². The van der Waals surface area contributed by atoms with Crippen molar-refractivity contribution in [3.63, 3.8) is 0 Å². The Hall–Kier alpha value is -3.01. The number of aromatic nitrogens is 6. The first-order valence-corrected chi connectivity index (χ1v) is 5.92. The van der Waals surface area contributed by atoms with E-state index in [1.165, 1.54) is 6.33 Å². The fourth-order valence-electron chi connectivity index (χ4n) is 1.61. The van der Waals surface area contributed by atoms with Crippen LogP contribution in [0.3, 0.4) is 0 Å². The first-order valence-electron chi connectivity index (χ1n) is 5.54. The van der Waals surface area contributed by atoms with Gasteiger partial charge in [0.25, 0.3) is 11.5 Å². The summed E-state index contributed by atoms with van der Waals surface area (Å²) in [6, 6.07) is 0.936. The van der Waals surface area contributed by atoms with E-state index in [0.717, 1.165) is 6.07 Å². The van der Waals surface area contributed by atoms with E-state index in [9.17, 15) is 14.4 Å². The number of nitrogens with zero attached hydrogens (tertiary/aromatic N) is 3. The molecule has 21 heavy (non-hydrogen) atoms. The number of H-pyrrole nitrogens is 3. The summed E-state index contributed by atoms with van der Waals surface area (Å²) < 4.78 is 0. The molecule has 0 saturated heterocycles. The van der Waals surface area contributed by atoms with Crippen LogP contribution in [0.15, 0.2) is 22.0 Å². The molecular weight excluding hydrogens is 302 g/mol. The molecule has 0 radical (unpaired) electrons. The standard InChI is InChI=1S/C10H6ClN7O3/c11-6-5-7(13-2-12-5)17-9(16-6)18-8(20)3-1-4(19)15-10(21)14-3/h1-2H,(H2,14,15,19,21)(H2,12,13,16,17,18,20). The van der Waals surface area contributed by atoms with Crippen molar-refractivity contribution in [1.82, 2.24) is 29.9 Å². The second kappa shape index (κ2) is 4.83. The third-order valence-corrected chi connectivity index (χ3v) is 2.75. The lowest BCUT2D eigenvalue weighted by molar-refractivity contribution is 0.102. The lowest BCUT2D eigenvalue weighted by Gasteiger charge is -2.03. The van der Waals surface area contributed by atoms with Crippen molar-refractivity contribution in [2.45, 2.75) is 0 Å². The summed E-state index contributed by atoms with van der Waals surface area (Å²) in [5.74, 6) is -0.866. The van der Waals surface area contributed by atoms with E-state index in [1.54, 1.807) is 0 Å². The van der Waals surface area contributed by atoms with Crippen molar-refractivity contribution in [2.75, 3.05) is 5.32 Å². The summed E-state index contributed by atoms with van der Waals surface area (Å²) in [5, 5.41) is 2.39. The molecular formula is C10H6ClN7O3. The molecule has 3 heterocycles. The molecule has 10 nitrogen and oxygen atoms in total. The van der Waals surface area contributed by atoms with E-state index < -0.39 is 17.2 Å². The maximum Gasteiger partial charge on any atom is 0.326 e. The highest BCUT2D eigenvalue weighted by Gasteiger charge is 2.13. The molecule has 1 amide bonds. The summed E-state index contributed by atoms with van der Waals surface area (Å²) in [6.07, 6.45) is 1.38. The van der Waals surface area contributed by atoms with E-state index in [4.69, 9.17) is 11.6 Å². The molecule has 11 heteroatoms. The largest absolute Gasteiger partial charge is 0.341 e. The second-order valence-corrected chi connectivity index (χ2v) is 4.25. The Morgan fingerprint density at radius 1 is 1.24 bits per heavy atom. The minimum atomic E-state index is -0.797. The average Bonchev–Trinajstić information content (AvgIpc) is 2.86. The van der Waals surface area contributed by atoms with Gasteiger partial charge in [0.1, 0.15) is 11.2 Å². The van der Waals surface area contributed by atoms with E-state index >= 15 is 0 Å². The van der Waals surface area contributed by atoms with Crippen LogP contribution in [-0.2, 0) is 0 Å². The Morgan fingerprint density at radius 3 is 2.81 bits per heavy atom. The van der Waals surface area contributed by atoms with Crippen LogP contribution in [0.25, 0.3) is 11.2 Å².